The summed E-state index contributed by atoms with van der Waals surface area (Å²) in [6, 6.07) is 8.01. The van der Waals surface area contributed by atoms with E-state index in [9.17, 15) is 9.59 Å². The summed E-state index contributed by atoms with van der Waals surface area (Å²) >= 11 is 0. The van der Waals surface area contributed by atoms with Crippen molar-refractivity contribution in [3.05, 3.63) is 54.1 Å². The van der Waals surface area contributed by atoms with E-state index in [2.05, 4.69) is 29.1 Å². The fraction of sp³-hybridized carbons (Fsp3) is 0.400. The molecule has 1 aliphatic heterocycles. The molecule has 6 heteroatoms. The van der Waals surface area contributed by atoms with Crippen LogP contribution < -0.4 is 10.2 Å². The van der Waals surface area contributed by atoms with Crippen LogP contribution in [0.3, 0.4) is 0 Å². The first-order valence-corrected chi connectivity index (χ1v) is 8.97. The number of amides is 2. The normalized spacial score (nSPS) is 17.0. The predicted octanol–water partition coefficient (Wildman–Crippen LogP) is 2.31. The summed E-state index contributed by atoms with van der Waals surface area (Å²) in [6.07, 6.45) is 5.82. The molecule has 1 N–H and O–H groups in total. The van der Waals surface area contributed by atoms with Gasteiger partial charge in [0.05, 0.1) is 11.6 Å². The number of hydrogen-bond donors (Lipinski definition) is 1. The molecule has 1 fully saturated rings. The molecule has 1 atom stereocenters. The number of carbonyl (C=O) groups excluding carboxylic acids is 2. The Morgan fingerprint density at radius 3 is 2.69 bits per heavy atom. The van der Waals surface area contributed by atoms with Gasteiger partial charge in [-0.1, -0.05) is 26.0 Å². The fourth-order valence-electron chi connectivity index (χ4n) is 3.09. The number of anilines is 1. The molecule has 2 amide bonds. The molecule has 3 rings (SSSR count). The molecule has 0 bridgehead atoms. The van der Waals surface area contributed by atoms with Crippen molar-refractivity contribution in [2.75, 3.05) is 18.0 Å². The van der Waals surface area contributed by atoms with E-state index in [-0.39, 0.29) is 24.2 Å². The SMILES string of the molecule is CC(C)c1ccc(N2C[C@H](C(=O)NCCc3cnccn3)CC2=O)cc1. The van der Waals surface area contributed by atoms with Crippen molar-refractivity contribution in [1.82, 2.24) is 15.3 Å². The molecule has 136 valence electrons. The zero-order valence-electron chi connectivity index (χ0n) is 15.2. The zero-order chi connectivity index (χ0) is 18.5. The van der Waals surface area contributed by atoms with Crippen molar-refractivity contribution in [2.45, 2.75) is 32.6 Å². The first kappa shape index (κ1) is 18.0. The number of hydrogen-bond acceptors (Lipinski definition) is 4. The minimum Gasteiger partial charge on any atom is -0.355 e. The Morgan fingerprint density at radius 1 is 1.27 bits per heavy atom. The number of aromatic nitrogens is 2. The Morgan fingerprint density at radius 2 is 2.04 bits per heavy atom. The van der Waals surface area contributed by atoms with Gasteiger partial charge in [-0.3, -0.25) is 19.6 Å². The van der Waals surface area contributed by atoms with Gasteiger partial charge in [-0.15, -0.1) is 0 Å². The second-order valence-corrected chi connectivity index (χ2v) is 6.89. The highest BCUT2D eigenvalue weighted by molar-refractivity contribution is 6.00. The van der Waals surface area contributed by atoms with Gasteiger partial charge in [0.2, 0.25) is 11.8 Å². The molecule has 2 heterocycles. The molecule has 26 heavy (non-hydrogen) atoms. The number of nitrogens with one attached hydrogen (secondary N) is 1. The van der Waals surface area contributed by atoms with Crippen LogP contribution in [0.1, 0.15) is 37.4 Å². The van der Waals surface area contributed by atoms with E-state index >= 15 is 0 Å². The highest BCUT2D eigenvalue weighted by atomic mass is 16.2. The van der Waals surface area contributed by atoms with Gasteiger partial charge in [0.25, 0.3) is 0 Å². The van der Waals surface area contributed by atoms with Crippen molar-refractivity contribution in [3.63, 3.8) is 0 Å². The number of nitrogens with zero attached hydrogens (tertiary/aromatic N) is 3. The highest BCUT2D eigenvalue weighted by Crippen LogP contribution is 2.26. The molecular formula is C20H24N4O2. The van der Waals surface area contributed by atoms with Gasteiger partial charge in [0.15, 0.2) is 0 Å². The molecule has 1 saturated heterocycles. The van der Waals surface area contributed by atoms with E-state index in [1.807, 2.05) is 24.3 Å². The van der Waals surface area contributed by atoms with Crippen LogP contribution >= 0.6 is 0 Å². The van der Waals surface area contributed by atoms with Gasteiger partial charge in [0.1, 0.15) is 0 Å². The van der Waals surface area contributed by atoms with Crippen LogP contribution in [0.15, 0.2) is 42.9 Å². The van der Waals surface area contributed by atoms with Crippen LogP contribution in [-0.2, 0) is 16.0 Å². The summed E-state index contributed by atoms with van der Waals surface area (Å²) in [4.78, 5) is 34.6. The Balaban J connectivity index is 1.54. The summed E-state index contributed by atoms with van der Waals surface area (Å²) < 4.78 is 0. The minimum atomic E-state index is -0.311. The van der Waals surface area contributed by atoms with E-state index in [1.54, 1.807) is 23.5 Å². The standard InChI is InChI=1S/C20H24N4O2/c1-14(2)15-3-5-18(6-4-15)24-13-16(11-19(24)25)20(26)23-8-7-17-12-21-9-10-22-17/h3-6,9-10,12,14,16H,7-8,11,13H2,1-2H3,(H,23,26)/t16-/m1/s1. The molecule has 0 aliphatic carbocycles. The first-order chi connectivity index (χ1) is 12.5. The molecule has 0 unspecified atom stereocenters. The largest absolute Gasteiger partial charge is 0.355 e. The van der Waals surface area contributed by atoms with Crippen molar-refractivity contribution < 1.29 is 9.59 Å². The van der Waals surface area contributed by atoms with Gasteiger partial charge in [0, 0.05) is 50.2 Å². The fourth-order valence-corrected chi connectivity index (χ4v) is 3.09. The van der Waals surface area contributed by atoms with Crippen LogP contribution in [0.25, 0.3) is 0 Å². The number of rotatable bonds is 6. The molecule has 1 aromatic heterocycles. The Hall–Kier alpha value is -2.76. The number of carbonyl (C=O) groups is 2. The molecule has 1 aliphatic rings. The van der Waals surface area contributed by atoms with Gasteiger partial charge in [-0.2, -0.15) is 0 Å². The average molecular weight is 352 g/mol. The monoisotopic (exact) mass is 352 g/mol. The average Bonchev–Trinajstić information content (AvgIpc) is 3.04. The smallest absolute Gasteiger partial charge is 0.227 e. The third-order valence-corrected chi connectivity index (χ3v) is 4.66. The quantitative estimate of drug-likeness (QED) is 0.866. The molecular weight excluding hydrogens is 328 g/mol. The van der Waals surface area contributed by atoms with Crippen molar-refractivity contribution >= 4 is 17.5 Å². The Labute approximate surface area is 153 Å². The van der Waals surface area contributed by atoms with E-state index in [0.717, 1.165) is 11.4 Å². The highest BCUT2D eigenvalue weighted by Gasteiger charge is 2.34. The molecule has 6 nitrogen and oxygen atoms in total. The Bertz CT molecular complexity index is 759. The van der Waals surface area contributed by atoms with Gasteiger partial charge < -0.3 is 10.2 Å². The number of benzene rings is 1. The Kier molecular flexibility index (Phi) is 5.61. The third-order valence-electron chi connectivity index (χ3n) is 4.66. The van der Waals surface area contributed by atoms with Crippen molar-refractivity contribution in [3.8, 4) is 0 Å². The minimum absolute atomic E-state index is 0.00336. The molecule has 0 radical (unpaired) electrons. The molecule has 2 aromatic rings. The summed E-state index contributed by atoms with van der Waals surface area (Å²) in [7, 11) is 0. The topological polar surface area (TPSA) is 75.2 Å². The maximum absolute atomic E-state index is 12.4. The van der Waals surface area contributed by atoms with Crippen molar-refractivity contribution in [2.24, 2.45) is 5.92 Å². The van der Waals surface area contributed by atoms with Crippen LogP contribution in [0, 0.1) is 5.92 Å². The van der Waals surface area contributed by atoms with Crippen LogP contribution in [0.5, 0.6) is 0 Å². The maximum Gasteiger partial charge on any atom is 0.227 e. The zero-order valence-corrected chi connectivity index (χ0v) is 15.2. The molecule has 0 saturated carbocycles. The van der Waals surface area contributed by atoms with Gasteiger partial charge in [-0.05, 0) is 23.6 Å². The van der Waals surface area contributed by atoms with Crippen LogP contribution in [0.4, 0.5) is 5.69 Å². The maximum atomic E-state index is 12.4. The lowest BCUT2D eigenvalue weighted by molar-refractivity contribution is -0.126. The van der Waals surface area contributed by atoms with E-state index < -0.39 is 0 Å². The summed E-state index contributed by atoms with van der Waals surface area (Å²) in [5.74, 6) is 0.0557. The van der Waals surface area contributed by atoms with E-state index in [0.29, 0.717) is 25.4 Å². The molecule has 1 aromatic carbocycles. The summed E-state index contributed by atoms with van der Waals surface area (Å²) in [5, 5.41) is 2.90. The second-order valence-electron chi connectivity index (χ2n) is 6.89. The second kappa shape index (κ2) is 8.08. The lowest BCUT2D eigenvalue weighted by atomic mass is 10.0. The van der Waals surface area contributed by atoms with Gasteiger partial charge in [-0.25, -0.2) is 0 Å². The van der Waals surface area contributed by atoms with Crippen molar-refractivity contribution in [1.29, 1.82) is 0 Å². The first-order valence-electron chi connectivity index (χ1n) is 8.97. The van der Waals surface area contributed by atoms with Crippen LogP contribution in [0.2, 0.25) is 0 Å². The molecule has 0 spiro atoms. The summed E-state index contributed by atoms with van der Waals surface area (Å²) in [6.45, 7) is 5.19. The third kappa shape index (κ3) is 4.25. The predicted molar refractivity (Wildman–Crippen MR) is 99.7 cm³/mol. The lowest BCUT2D eigenvalue weighted by Gasteiger charge is -2.17. The lowest BCUT2D eigenvalue weighted by Crippen LogP contribution is -2.34. The summed E-state index contributed by atoms with van der Waals surface area (Å²) in [5.41, 5.74) is 2.93. The van der Waals surface area contributed by atoms with E-state index in [4.69, 9.17) is 0 Å². The van der Waals surface area contributed by atoms with Crippen LogP contribution in [-0.4, -0.2) is 34.9 Å². The van der Waals surface area contributed by atoms with Gasteiger partial charge >= 0.3 is 0 Å². The van der Waals surface area contributed by atoms with E-state index in [1.165, 1.54) is 5.56 Å².